The van der Waals surface area contributed by atoms with Crippen LogP contribution in [0.2, 0.25) is 0 Å². The van der Waals surface area contributed by atoms with E-state index in [-0.39, 0.29) is 10.8 Å². The minimum absolute atomic E-state index is 0.0889. The number of hydrogen-bond donors (Lipinski definition) is 0. The van der Waals surface area contributed by atoms with Gasteiger partial charge < -0.3 is 29.4 Å². The van der Waals surface area contributed by atoms with Crippen LogP contribution in [-0.4, -0.2) is 0 Å². The molecule has 18 rings (SSSR count). The van der Waals surface area contributed by atoms with Crippen LogP contribution in [-0.2, 0) is 36.5 Å². The summed E-state index contributed by atoms with van der Waals surface area (Å²) in [4.78, 5) is 14.3. The molecule has 0 aromatic heterocycles. The van der Waals surface area contributed by atoms with Gasteiger partial charge >= 0.3 is 0 Å². The lowest BCUT2D eigenvalue weighted by molar-refractivity contribution is 0.589. The van der Waals surface area contributed by atoms with E-state index in [2.05, 4.69) is 580 Å². The zero-order valence-corrected chi connectivity index (χ0v) is 91.4. The molecular formula is C142H152N6. The van der Waals surface area contributed by atoms with Crippen LogP contribution in [0.1, 0.15) is 210 Å². The van der Waals surface area contributed by atoms with Crippen molar-refractivity contribution in [1.82, 2.24) is 0 Å². The standard InChI is InChI=1S/C50H56N2.2C46H48N2/c1-33-13-21-43(22-14-33)51(47-35(3)29-41(30-36(47)4)49(7,8)9)45-25-17-39(18-26-45)40-19-27-46(28-20-40)52(44-23-15-34(2)16-24-44)48-37(5)31-42(32-38(48)6)50(10,11)12;1-5-7-11-37-13-9-15-45(33-37)47(41-25-17-35(3)18-26-41)43-29-21-39(22-30-43)40-23-31-44(32-24-40)48(42-27-19-36(4)20-28-42)46-16-10-14-38(34-46)12-8-6-2;1-5-7-9-37-15-27-43(28-16-37)47(41-23-11-35(3)12-24-41)45-31-19-39(20-32-45)40-21-33-46(34-22-40)48(42-25-13-36(4)14-26-42)44-29-17-38(18-30-44)10-8-6-2/h13-32H,1-12H3;9-10,13-34H,5-8,11-12H2,1-4H3;11-34H,5-10H2,1-4H3. The molecule has 0 aliphatic heterocycles. The van der Waals surface area contributed by atoms with Crippen LogP contribution in [0.4, 0.5) is 102 Å². The van der Waals surface area contributed by atoms with Crippen LogP contribution in [0.5, 0.6) is 0 Å². The monoisotopic (exact) mass is 1940 g/mol. The molecule has 0 unspecified atom stereocenters. The van der Waals surface area contributed by atoms with E-state index in [4.69, 9.17) is 0 Å². The predicted molar refractivity (Wildman–Crippen MR) is 643 cm³/mol. The van der Waals surface area contributed by atoms with Crippen molar-refractivity contribution in [3.05, 3.63) is 502 Å². The molecule has 6 heteroatoms. The molecule has 6 nitrogen and oxygen atoms in total. The number of benzene rings is 18. The number of aryl methyl sites for hydroxylation is 14. The summed E-state index contributed by atoms with van der Waals surface area (Å²) in [5.74, 6) is 0. The van der Waals surface area contributed by atoms with Gasteiger partial charge in [-0.3, -0.25) is 0 Å². The highest BCUT2D eigenvalue weighted by Crippen LogP contribution is 2.48. The minimum atomic E-state index is 0.0889. The number of anilines is 18. The van der Waals surface area contributed by atoms with Gasteiger partial charge in [0, 0.05) is 91.0 Å². The molecule has 148 heavy (non-hydrogen) atoms. The molecule has 0 saturated carbocycles. The Balaban J connectivity index is 0.000000159. The molecule has 0 atom stereocenters. The molecule has 0 heterocycles. The van der Waals surface area contributed by atoms with Crippen molar-refractivity contribution in [1.29, 1.82) is 0 Å². The molecule has 0 fully saturated rings. The summed E-state index contributed by atoms with van der Waals surface area (Å²) in [6.45, 7) is 44.6. The van der Waals surface area contributed by atoms with E-state index in [9.17, 15) is 0 Å². The molecule has 0 N–H and O–H groups in total. The van der Waals surface area contributed by atoms with Crippen LogP contribution >= 0.6 is 0 Å². The summed E-state index contributed by atoms with van der Waals surface area (Å²) in [6, 6.07) is 153. The summed E-state index contributed by atoms with van der Waals surface area (Å²) in [6.07, 6.45) is 14.1. The van der Waals surface area contributed by atoms with Gasteiger partial charge in [0.25, 0.3) is 0 Å². The lowest BCUT2D eigenvalue weighted by atomic mass is 9.84. The summed E-state index contributed by atoms with van der Waals surface area (Å²) < 4.78 is 0. The smallest absolute Gasteiger partial charge is 0.0520 e. The Bertz CT molecular complexity index is 6830. The summed E-state index contributed by atoms with van der Waals surface area (Å²) in [5.41, 5.74) is 49.4. The van der Waals surface area contributed by atoms with Gasteiger partial charge in [-0.15, -0.1) is 0 Å². The second-order valence-electron chi connectivity index (χ2n) is 42.8. The summed E-state index contributed by atoms with van der Waals surface area (Å²) in [7, 11) is 0. The van der Waals surface area contributed by atoms with Crippen LogP contribution < -0.4 is 29.4 Å². The zero-order valence-electron chi connectivity index (χ0n) is 91.4. The Morgan fingerprint density at radius 1 is 0.162 bits per heavy atom. The van der Waals surface area contributed by atoms with E-state index in [0.29, 0.717) is 0 Å². The molecule has 0 aliphatic carbocycles. The van der Waals surface area contributed by atoms with Gasteiger partial charge in [0.15, 0.2) is 0 Å². The third kappa shape index (κ3) is 26.4. The fraction of sp³-hybridized carbons (Fsp3) is 0.239. The van der Waals surface area contributed by atoms with Crippen LogP contribution in [0.15, 0.2) is 413 Å². The van der Waals surface area contributed by atoms with E-state index in [1.54, 1.807) is 0 Å². The van der Waals surface area contributed by atoms with Crippen molar-refractivity contribution >= 4 is 102 Å². The normalized spacial score (nSPS) is 11.3. The van der Waals surface area contributed by atoms with Gasteiger partial charge in [-0.25, -0.2) is 0 Å². The molecule has 0 aliphatic rings. The predicted octanol–water partition coefficient (Wildman–Crippen LogP) is 41.9. The molecule has 18 aromatic carbocycles. The quantitative estimate of drug-likeness (QED) is 0.0405. The molecule has 18 aromatic rings. The molecule has 0 bridgehead atoms. The molecule has 0 saturated heterocycles. The Hall–Kier alpha value is -15.2. The molecular weight excluding hydrogens is 1790 g/mol. The van der Waals surface area contributed by atoms with Crippen molar-refractivity contribution in [2.24, 2.45) is 0 Å². The fourth-order valence-corrected chi connectivity index (χ4v) is 19.9. The Labute approximate surface area is 886 Å². The Kier molecular flexibility index (Phi) is 34.8. The third-order valence-corrected chi connectivity index (χ3v) is 28.7. The summed E-state index contributed by atoms with van der Waals surface area (Å²) in [5, 5.41) is 0. The number of nitrogens with zero attached hydrogens (tertiary/aromatic N) is 6. The van der Waals surface area contributed by atoms with E-state index >= 15 is 0 Å². The third-order valence-electron chi connectivity index (χ3n) is 28.7. The maximum absolute atomic E-state index is 2.42. The highest BCUT2D eigenvalue weighted by molar-refractivity contribution is 5.88. The van der Waals surface area contributed by atoms with Crippen LogP contribution in [0.3, 0.4) is 0 Å². The largest absolute Gasteiger partial charge is 0.311 e. The van der Waals surface area contributed by atoms with Gasteiger partial charge in [-0.05, 0) is 415 Å². The van der Waals surface area contributed by atoms with Gasteiger partial charge in [-0.2, -0.15) is 0 Å². The molecule has 0 radical (unpaired) electrons. The topological polar surface area (TPSA) is 19.4 Å². The second-order valence-corrected chi connectivity index (χ2v) is 42.8. The van der Waals surface area contributed by atoms with E-state index in [0.717, 1.165) is 82.6 Å². The molecule has 0 amide bonds. The Morgan fingerprint density at radius 3 is 0.507 bits per heavy atom. The number of unbranched alkanes of at least 4 members (excludes halogenated alkanes) is 4. The molecule has 0 spiro atoms. The first-order valence-corrected chi connectivity index (χ1v) is 54.0. The van der Waals surface area contributed by atoms with Crippen molar-refractivity contribution < 1.29 is 0 Å². The first kappa shape index (κ1) is 106. The van der Waals surface area contributed by atoms with Crippen molar-refractivity contribution in [2.75, 3.05) is 29.4 Å². The van der Waals surface area contributed by atoms with Gasteiger partial charge in [0.05, 0.1) is 11.4 Å². The number of rotatable bonds is 33. The average molecular weight is 1940 g/mol. The minimum Gasteiger partial charge on any atom is -0.311 e. The van der Waals surface area contributed by atoms with Gasteiger partial charge in [0.2, 0.25) is 0 Å². The lowest BCUT2D eigenvalue weighted by Gasteiger charge is -2.31. The molecule has 750 valence electrons. The van der Waals surface area contributed by atoms with E-state index in [1.807, 2.05) is 0 Å². The summed E-state index contributed by atoms with van der Waals surface area (Å²) >= 11 is 0. The maximum Gasteiger partial charge on any atom is 0.0520 e. The highest BCUT2D eigenvalue weighted by atomic mass is 15.2. The van der Waals surface area contributed by atoms with E-state index in [1.165, 1.54) is 219 Å². The maximum atomic E-state index is 2.42. The van der Waals surface area contributed by atoms with Gasteiger partial charge in [0.1, 0.15) is 0 Å². The first-order chi connectivity index (χ1) is 71.5. The Morgan fingerprint density at radius 2 is 0.324 bits per heavy atom. The van der Waals surface area contributed by atoms with Crippen molar-refractivity contribution in [3.63, 3.8) is 0 Å². The van der Waals surface area contributed by atoms with Crippen molar-refractivity contribution in [3.8, 4) is 33.4 Å². The average Bonchev–Trinajstić information content (AvgIpc) is 0.769. The van der Waals surface area contributed by atoms with Crippen LogP contribution in [0.25, 0.3) is 33.4 Å². The fourth-order valence-electron chi connectivity index (χ4n) is 19.9. The lowest BCUT2D eigenvalue weighted by Crippen LogP contribution is -2.16. The number of hydrogen-bond acceptors (Lipinski definition) is 6. The SMILES string of the molecule is CCCCc1ccc(N(c2ccc(C)cc2)c2ccc(-c3ccc(N(c4ccc(C)cc4)c4ccc(CCCC)cc4)cc3)cc2)cc1.CCCCc1cccc(N(c2ccc(C)cc2)c2ccc(-c3ccc(N(c4ccc(C)cc4)c4cccc(CCCC)c4)cc3)cc2)c1.Cc1ccc(N(c2ccc(-c3ccc(N(c4ccc(C)cc4)c4c(C)cc(C(C)(C)C)cc4C)cc3)cc2)c2c(C)cc(C(C)(C)C)cc2C)cc1. The highest BCUT2D eigenvalue weighted by Gasteiger charge is 2.27. The first-order valence-electron chi connectivity index (χ1n) is 54.0. The van der Waals surface area contributed by atoms with Crippen molar-refractivity contribution in [2.45, 2.75) is 226 Å². The van der Waals surface area contributed by atoms with Crippen LogP contribution in [0, 0.1) is 69.2 Å². The van der Waals surface area contributed by atoms with E-state index < -0.39 is 0 Å². The van der Waals surface area contributed by atoms with Gasteiger partial charge in [-0.1, -0.05) is 347 Å². The zero-order chi connectivity index (χ0) is 104. The second kappa shape index (κ2) is 48.8.